The number of hydrogen-bond donors (Lipinski definition) is 0. The molecule has 0 bridgehead atoms. The Balaban J connectivity index is 1.45. The Kier molecular flexibility index (Phi) is 6.66. The van der Waals surface area contributed by atoms with Gasteiger partial charge in [-0.15, -0.1) is 0 Å². The predicted octanol–water partition coefficient (Wildman–Crippen LogP) is 5.38. The van der Waals surface area contributed by atoms with E-state index >= 15 is 0 Å². The van der Waals surface area contributed by atoms with Gasteiger partial charge in [0.25, 0.3) is 0 Å². The van der Waals surface area contributed by atoms with Gasteiger partial charge in [0, 0.05) is 24.2 Å². The van der Waals surface area contributed by atoms with Crippen LogP contribution >= 0.6 is 0 Å². The van der Waals surface area contributed by atoms with E-state index in [-0.39, 0.29) is 11.9 Å². The van der Waals surface area contributed by atoms with Crippen molar-refractivity contribution in [3.8, 4) is 11.5 Å². The lowest BCUT2D eigenvalue weighted by Gasteiger charge is -2.41. The highest BCUT2D eigenvalue weighted by Gasteiger charge is 2.45. The first-order valence-electron chi connectivity index (χ1n) is 12.2. The van der Waals surface area contributed by atoms with Crippen LogP contribution in [-0.4, -0.2) is 43.7 Å². The van der Waals surface area contributed by atoms with Crippen molar-refractivity contribution in [2.45, 2.75) is 25.4 Å². The molecule has 1 atom stereocenters. The Labute approximate surface area is 201 Å². The van der Waals surface area contributed by atoms with E-state index in [1.165, 1.54) is 0 Å². The number of benzene rings is 3. The van der Waals surface area contributed by atoms with Gasteiger partial charge in [0.1, 0.15) is 11.5 Å². The molecule has 5 rings (SSSR count). The number of hydrogen-bond acceptors (Lipinski definition) is 5. The number of esters is 1. The summed E-state index contributed by atoms with van der Waals surface area (Å²) in [5.41, 5.74) is 2.30. The fourth-order valence-corrected chi connectivity index (χ4v) is 5.22. The molecule has 0 saturated carbocycles. The first-order chi connectivity index (χ1) is 16.7. The number of rotatable bonds is 7. The highest BCUT2D eigenvalue weighted by atomic mass is 16.5. The molecule has 0 amide bonds. The fraction of sp³-hybridized carbons (Fsp3) is 0.345. The highest BCUT2D eigenvalue weighted by Crippen LogP contribution is 2.52. The zero-order valence-corrected chi connectivity index (χ0v) is 19.6. The van der Waals surface area contributed by atoms with Gasteiger partial charge in [-0.05, 0) is 44.0 Å². The van der Waals surface area contributed by atoms with Crippen LogP contribution in [0.2, 0.25) is 0 Å². The number of carbonyl (C=O) groups excluding carboxylic acids is 1. The van der Waals surface area contributed by atoms with E-state index in [1.807, 2.05) is 49.4 Å². The number of piperidine rings is 1. The summed E-state index contributed by atoms with van der Waals surface area (Å²) in [6.07, 6.45) is 1.88. The molecule has 1 unspecified atom stereocenters. The number of nitrogens with zero attached hydrogens (tertiary/aromatic N) is 1. The SMILES string of the molecule is CCOC(=O)C1CCCN(CCOC2(c3ccccc3)c3ccccc3Oc3ccccc32)C1. The quantitative estimate of drug-likeness (QED) is 0.446. The zero-order chi connectivity index (χ0) is 23.4. The van der Waals surface area contributed by atoms with Crippen LogP contribution in [0.15, 0.2) is 78.9 Å². The van der Waals surface area contributed by atoms with Crippen molar-refractivity contribution in [1.82, 2.24) is 4.90 Å². The number of fused-ring (bicyclic) bond motifs is 2. The molecule has 3 aromatic rings. The second-order valence-corrected chi connectivity index (χ2v) is 8.88. The van der Waals surface area contributed by atoms with Crippen LogP contribution in [-0.2, 0) is 19.9 Å². The van der Waals surface area contributed by atoms with Crippen molar-refractivity contribution in [3.63, 3.8) is 0 Å². The summed E-state index contributed by atoms with van der Waals surface area (Å²) < 4.78 is 18.5. The van der Waals surface area contributed by atoms with Crippen molar-refractivity contribution in [2.24, 2.45) is 5.92 Å². The highest BCUT2D eigenvalue weighted by molar-refractivity contribution is 5.72. The molecule has 176 valence electrons. The molecule has 1 saturated heterocycles. The number of carbonyl (C=O) groups is 1. The smallest absolute Gasteiger partial charge is 0.310 e. The number of likely N-dealkylation sites (tertiary alicyclic amines) is 1. The van der Waals surface area contributed by atoms with Crippen LogP contribution in [0.3, 0.4) is 0 Å². The molecule has 5 heteroatoms. The van der Waals surface area contributed by atoms with Crippen molar-refractivity contribution < 1.29 is 19.0 Å². The molecule has 2 aliphatic heterocycles. The summed E-state index contributed by atoms with van der Waals surface area (Å²) in [7, 11) is 0. The van der Waals surface area contributed by atoms with Crippen LogP contribution < -0.4 is 4.74 Å². The first-order valence-corrected chi connectivity index (χ1v) is 12.2. The maximum atomic E-state index is 12.3. The fourth-order valence-electron chi connectivity index (χ4n) is 5.22. The monoisotopic (exact) mass is 457 g/mol. The standard InChI is InChI=1S/C29H31NO4/c1-2-32-28(31)22-11-10-18-30(21-22)19-20-33-29(23-12-4-3-5-13-23)24-14-6-8-16-26(24)34-27-17-9-7-15-25(27)29/h3-9,12-17,22H,2,10-11,18-21H2,1H3. The van der Waals surface area contributed by atoms with E-state index in [4.69, 9.17) is 14.2 Å². The van der Waals surface area contributed by atoms with Gasteiger partial charge in [-0.1, -0.05) is 66.7 Å². The molecular formula is C29H31NO4. The molecule has 34 heavy (non-hydrogen) atoms. The second kappa shape index (κ2) is 10.00. The van der Waals surface area contributed by atoms with Crippen molar-refractivity contribution >= 4 is 5.97 Å². The minimum atomic E-state index is -0.775. The number of ether oxygens (including phenoxy) is 3. The first kappa shape index (κ1) is 22.6. The molecule has 1 fully saturated rings. The summed E-state index contributed by atoms with van der Waals surface area (Å²) in [5.74, 6) is 1.48. The van der Waals surface area contributed by atoms with E-state index in [0.717, 1.165) is 60.7 Å². The Hall–Kier alpha value is -3.15. The maximum absolute atomic E-state index is 12.3. The Morgan fingerprint density at radius 1 is 0.971 bits per heavy atom. The van der Waals surface area contributed by atoms with Gasteiger partial charge in [0.05, 0.1) is 19.1 Å². The zero-order valence-electron chi connectivity index (χ0n) is 19.6. The van der Waals surface area contributed by atoms with E-state index < -0.39 is 5.60 Å². The minimum absolute atomic E-state index is 0.0543. The van der Waals surface area contributed by atoms with Crippen LogP contribution in [0.1, 0.15) is 36.5 Å². The van der Waals surface area contributed by atoms with Crippen LogP contribution in [0.25, 0.3) is 0 Å². The van der Waals surface area contributed by atoms with Gasteiger partial charge < -0.3 is 19.1 Å². The van der Waals surface area contributed by atoms with Gasteiger partial charge in [0.15, 0.2) is 5.60 Å². The molecule has 0 aromatic heterocycles. The lowest BCUT2D eigenvalue weighted by Crippen LogP contribution is -2.43. The molecular weight excluding hydrogens is 426 g/mol. The lowest BCUT2D eigenvalue weighted by molar-refractivity contribution is -0.150. The van der Waals surface area contributed by atoms with E-state index in [0.29, 0.717) is 13.2 Å². The van der Waals surface area contributed by atoms with Crippen LogP contribution in [0.5, 0.6) is 11.5 Å². The van der Waals surface area contributed by atoms with Gasteiger partial charge in [0.2, 0.25) is 0 Å². The summed E-state index contributed by atoms with van der Waals surface area (Å²) in [6, 6.07) is 26.6. The third kappa shape index (κ3) is 4.22. The maximum Gasteiger partial charge on any atom is 0.310 e. The van der Waals surface area contributed by atoms with Gasteiger partial charge in [-0.25, -0.2) is 0 Å². The van der Waals surface area contributed by atoms with Crippen molar-refractivity contribution in [3.05, 3.63) is 95.6 Å². The second-order valence-electron chi connectivity index (χ2n) is 8.88. The summed E-state index contributed by atoms with van der Waals surface area (Å²) in [4.78, 5) is 14.6. The molecule has 2 heterocycles. The topological polar surface area (TPSA) is 48.0 Å². The van der Waals surface area contributed by atoms with Crippen molar-refractivity contribution in [2.75, 3.05) is 32.8 Å². The average molecular weight is 458 g/mol. The summed E-state index contributed by atoms with van der Waals surface area (Å²) >= 11 is 0. The molecule has 2 aliphatic rings. The third-order valence-corrected chi connectivity index (χ3v) is 6.78. The van der Waals surface area contributed by atoms with Gasteiger partial charge >= 0.3 is 5.97 Å². The summed E-state index contributed by atoms with van der Waals surface area (Å²) in [6.45, 7) is 5.24. The number of para-hydroxylation sites is 2. The largest absolute Gasteiger partial charge is 0.466 e. The Morgan fingerprint density at radius 2 is 1.62 bits per heavy atom. The van der Waals surface area contributed by atoms with Crippen molar-refractivity contribution in [1.29, 1.82) is 0 Å². The molecule has 0 aliphatic carbocycles. The van der Waals surface area contributed by atoms with Crippen LogP contribution in [0.4, 0.5) is 0 Å². The molecule has 0 N–H and O–H groups in total. The molecule has 0 radical (unpaired) electrons. The van der Waals surface area contributed by atoms with Gasteiger partial charge in [-0.3, -0.25) is 4.79 Å². The summed E-state index contributed by atoms with van der Waals surface area (Å²) in [5, 5.41) is 0. The minimum Gasteiger partial charge on any atom is -0.466 e. The average Bonchev–Trinajstić information content (AvgIpc) is 2.89. The molecule has 0 spiro atoms. The third-order valence-electron chi connectivity index (χ3n) is 6.78. The van der Waals surface area contributed by atoms with E-state index in [9.17, 15) is 4.79 Å². The molecule has 3 aromatic carbocycles. The lowest BCUT2D eigenvalue weighted by atomic mass is 9.78. The van der Waals surface area contributed by atoms with E-state index in [1.54, 1.807) is 0 Å². The van der Waals surface area contributed by atoms with Gasteiger partial charge in [-0.2, -0.15) is 0 Å². The predicted molar refractivity (Wildman–Crippen MR) is 131 cm³/mol. The van der Waals surface area contributed by atoms with E-state index in [2.05, 4.69) is 41.3 Å². The van der Waals surface area contributed by atoms with Crippen LogP contribution in [0, 0.1) is 5.92 Å². The normalized spacial score (nSPS) is 18.9. The molecule has 5 nitrogen and oxygen atoms in total. The Bertz CT molecular complexity index is 1080. The Morgan fingerprint density at radius 3 is 2.29 bits per heavy atom.